The lowest BCUT2D eigenvalue weighted by molar-refractivity contribution is 0.149. The summed E-state index contributed by atoms with van der Waals surface area (Å²) in [5, 5.41) is 3.61. The van der Waals surface area contributed by atoms with Crippen molar-refractivity contribution >= 4 is 0 Å². The number of ether oxygens (including phenoxy) is 1. The lowest BCUT2D eigenvalue weighted by Gasteiger charge is -2.27. The third-order valence-corrected chi connectivity index (χ3v) is 3.45. The molecular formula is C16H27NO. The van der Waals surface area contributed by atoms with Gasteiger partial charge in [0.15, 0.2) is 0 Å². The SMILES string of the molecule is COCCC(C)(C)CNC(C)c1ccc(C)cc1. The molecule has 2 nitrogen and oxygen atoms in total. The minimum atomic E-state index is 0.273. The molecule has 0 aromatic heterocycles. The van der Waals surface area contributed by atoms with Gasteiger partial charge in [0.1, 0.15) is 0 Å². The van der Waals surface area contributed by atoms with Crippen LogP contribution in [0.5, 0.6) is 0 Å². The van der Waals surface area contributed by atoms with Gasteiger partial charge >= 0.3 is 0 Å². The van der Waals surface area contributed by atoms with E-state index in [1.807, 2.05) is 0 Å². The average molecular weight is 249 g/mol. The molecule has 0 aliphatic carbocycles. The highest BCUT2D eigenvalue weighted by Gasteiger charge is 2.18. The zero-order valence-corrected chi connectivity index (χ0v) is 12.4. The Hall–Kier alpha value is -0.860. The first-order valence-corrected chi connectivity index (χ1v) is 6.73. The Labute approximate surface area is 112 Å². The molecule has 0 fully saturated rings. The lowest BCUT2D eigenvalue weighted by atomic mass is 9.89. The molecule has 0 aliphatic heterocycles. The molecule has 1 atom stereocenters. The van der Waals surface area contributed by atoms with Crippen LogP contribution in [-0.2, 0) is 4.74 Å². The zero-order valence-electron chi connectivity index (χ0n) is 12.4. The van der Waals surface area contributed by atoms with Crippen LogP contribution in [0.25, 0.3) is 0 Å². The van der Waals surface area contributed by atoms with Crippen LogP contribution >= 0.6 is 0 Å². The topological polar surface area (TPSA) is 21.3 Å². The molecule has 0 aliphatic rings. The molecule has 102 valence electrons. The first-order chi connectivity index (χ1) is 8.44. The summed E-state index contributed by atoms with van der Waals surface area (Å²) in [5.74, 6) is 0. The Kier molecular flexibility index (Phi) is 5.83. The van der Waals surface area contributed by atoms with Gasteiger partial charge in [0.05, 0.1) is 0 Å². The van der Waals surface area contributed by atoms with Crippen molar-refractivity contribution in [1.29, 1.82) is 0 Å². The highest BCUT2D eigenvalue weighted by atomic mass is 16.5. The smallest absolute Gasteiger partial charge is 0.0467 e. The van der Waals surface area contributed by atoms with Gasteiger partial charge in [0.25, 0.3) is 0 Å². The number of hydrogen-bond donors (Lipinski definition) is 1. The summed E-state index contributed by atoms with van der Waals surface area (Å²) < 4.78 is 5.15. The van der Waals surface area contributed by atoms with Crippen LogP contribution in [-0.4, -0.2) is 20.3 Å². The van der Waals surface area contributed by atoms with Crippen LogP contribution < -0.4 is 5.32 Å². The van der Waals surface area contributed by atoms with E-state index in [0.717, 1.165) is 19.6 Å². The summed E-state index contributed by atoms with van der Waals surface area (Å²) in [6.45, 7) is 10.7. The van der Waals surface area contributed by atoms with Crippen LogP contribution in [0.15, 0.2) is 24.3 Å². The number of rotatable bonds is 7. The maximum atomic E-state index is 5.15. The van der Waals surface area contributed by atoms with E-state index in [9.17, 15) is 0 Å². The van der Waals surface area contributed by atoms with E-state index in [4.69, 9.17) is 4.74 Å². The minimum Gasteiger partial charge on any atom is -0.385 e. The number of hydrogen-bond acceptors (Lipinski definition) is 2. The molecule has 0 radical (unpaired) electrons. The Morgan fingerprint density at radius 1 is 1.22 bits per heavy atom. The minimum absolute atomic E-state index is 0.273. The molecule has 18 heavy (non-hydrogen) atoms. The third-order valence-electron chi connectivity index (χ3n) is 3.45. The molecule has 0 bridgehead atoms. The summed E-state index contributed by atoms with van der Waals surface area (Å²) in [6.07, 6.45) is 1.08. The molecule has 0 saturated heterocycles. The molecule has 1 rings (SSSR count). The number of aryl methyl sites for hydroxylation is 1. The van der Waals surface area contributed by atoms with Crippen LogP contribution in [0.2, 0.25) is 0 Å². The maximum Gasteiger partial charge on any atom is 0.0467 e. The fraction of sp³-hybridized carbons (Fsp3) is 0.625. The van der Waals surface area contributed by atoms with Crippen molar-refractivity contribution in [3.63, 3.8) is 0 Å². The van der Waals surface area contributed by atoms with E-state index in [0.29, 0.717) is 6.04 Å². The predicted molar refractivity (Wildman–Crippen MR) is 77.9 cm³/mol. The first-order valence-electron chi connectivity index (χ1n) is 6.73. The second-order valence-electron chi connectivity index (χ2n) is 5.92. The highest BCUT2D eigenvalue weighted by molar-refractivity contribution is 5.23. The van der Waals surface area contributed by atoms with Crippen LogP contribution in [0.1, 0.15) is 44.4 Å². The fourth-order valence-electron chi connectivity index (χ4n) is 1.87. The van der Waals surface area contributed by atoms with E-state index in [-0.39, 0.29) is 5.41 Å². The van der Waals surface area contributed by atoms with Gasteiger partial charge in [0, 0.05) is 26.3 Å². The molecule has 0 amide bonds. The summed E-state index contributed by atoms with van der Waals surface area (Å²) >= 11 is 0. The fourth-order valence-corrected chi connectivity index (χ4v) is 1.87. The second kappa shape index (κ2) is 6.91. The second-order valence-corrected chi connectivity index (χ2v) is 5.92. The Bertz CT molecular complexity index is 343. The van der Waals surface area contributed by atoms with Gasteiger partial charge in [-0.15, -0.1) is 0 Å². The molecular weight excluding hydrogens is 222 g/mol. The summed E-state index contributed by atoms with van der Waals surface area (Å²) in [7, 11) is 1.76. The molecule has 1 aromatic carbocycles. The highest BCUT2D eigenvalue weighted by Crippen LogP contribution is 2.21. The van der Waals surface area contributed by atoms with Gasteiger partial charge < -0.3 is 10.1 Å². The third kappa shape index (κ3) is 5.19. The van der Waals surface area contributed by atoms with Gasteiger partial charge in [-0.05, 0) is 31.2 Å². The van der Waals surface area contributed by atoms with Gasteiger partial charge in [-0.3, -0.25) is 0 Å². The largest absolute Gasteiger partial charge is 0.385 e. The summed E-state index contributed by atoms with van der Waals surface area (Å²) in [5.41, 5.74) is 2.93. The normalized spacial score (nSPS) is 13.6. The quantitative estimate of drug-likeness (QED) is 0.795. The number of methoxy groups -OCH3 is 1. The Balaban J connectivity index is 2.45. The maximum absolute atomic E-state index is 5.15. The van der Waals surface area contributed by atoms with Crippen molar-refractivity contribution in [2.24, 2.45) is 5.41 Å². The van der Waals surface area contributed by atoms with Crippen LogP contribution in [0, 0.1) is 12.3 Å². The van der Waals surface area contributed by atoms with E-state index >= 15 is 0 Å². The molecule has 0 spiro atoms. The standard InChI is InChI=1S/C16H27NO/c1-13-6-8-15(9-7-13)14(2)17-12-16(3,4)10-11-18-5/h6-9,14,17H,10-12H2,1-5H3. The van der Waals surface area contributed by atoms with E-state index in [1.165, 1.54) is 11.1 Å². The molecule has 0 saturated carbocycles. The zero-order chi connectivity index (χ0) is 13.6. The van der Waals surface area contributed by atoms with Gasteiger partial charge in [-0.2, -0.15) is 0 Å². The number of nitrogens with one attached hydrogen (secondary N) is 1. The molecule has 0 heterocycles. The lowest BCUT2D eigenvalue weighted by Crippen LogP contribution is -2.32. The summed E-state index contributed by atoms with van der Waals surface area (Å²) in [6, 6.07) is 9.14. The van der Waals surface area contributed by atoms with Crippen LogP contribution in [0.4, 0.5) is 0 Å². The van der Waals surface area contributed by atoms with Crippen molar-refractivity contribution in [2.45, 2.75) is 40.2 Å². The van der Waals surface area contributed by atoms with Gasteiger partial charge in [-0.1, -0.05) is 43.7 Å². The van der Waals surface area contributed by atoms with Gasteiger partial charge in [-0.25, -0.2) is 0 Å². The van der Waals surface area contributed by atoms with Crippen molar-refractivity contribution in [1.82, 2.24) is 5.32 Å². The first kappa shape index (κ1) is 15.2. The average Bonchev–Trinajstić information content (AvgIpc) is 2.35. The van der Waals surface area contributed by atoms with Crippen molar-refractivity contribution in [3.05, 3.63) is 35.4 Å². The molecule has 1 unspecified atom stereocenters. The van der Waals surface area contributed by atoms with E-state index < -0.39 is 0 Å². The molecule has 2 heteroatoms. The number of benzene rings is 1. The molecule has 1 N–H and O–H groups in total. The summed E-state index contributed by atoms with van der Waals surface area (Å²) in [4.78, 5) is 0. The monoisotopic (exact) mass is 249 g/mol. The van der Waals surface area contributed by atoms with Gasteiger partial charge in [0.2, 0.25) is 0 Å². The Morgan fingerprint density at radius 3 is 2.39 bits per heavy atom. The predicted octanol–water partition coefficient (Wildman–Crippen LogP) is 3.71. The van der Waals surface area contributed by atoms with E-state index in [2.05, 4.69) is 57.3 Å². The Morgan fingerprint density at radius 2 is 1.83 bits per heavy atom. The van der Waals surface area contributed by atoms with Crippen molar-refractivity contribution in [3.8, 4) is 0 Å². The van der Waals surface area contributed by atoms with Crippen molar-refractivity contribution in [2.75, 3.05) is 20.3 Å². The molecule has 1 aromatic rings. The van der Waals surface area contributed by atoms with Crippen LogP contribution in [0.3, 0.4) is 0 Å². The van der Waals surface area contributed by atoms with E-state index in [1.54, 1.807) is 7.11 Å². The van der Waals surface area contributed by atoms with Crippen molar-refractivity contribution < 1.29 is 4.74 Å².